The Labute approximate surface area is 181 Å². The van der Waals surface area contributed by atoms with Crippen LogP contribution in [-0.2, 0) is 6.54 Å². The molecule has 0 N–H and O–H groups in total. The smallest absolute Gasteiger partial charge is 0.352 e. The molecule has 2 aliphatic rings. The van der Waals surface area contributed by atoms with E-state index in [9.17, 15) is 9.59 Å². The zero-order valence-corrected chi connectivity index (χ0v) is 18.3. The Morgan fingerprint density at radius 1 is 0.935 bits per heavy atom. The third kappa shape index (κ3) is 3.74. The first kappa shape index (κ1) is 20.8. The molecule has 2 aliphatic heterocycles. The van der Waals surface area contributed by atoms with Crippen LogP contribution in [0.15, 0.2) is 64.2 Å². The van der Waals surface area contributed by atoms with E-state index >= 15 is 0 Å². The van der Waals surface area contributed by atoms with E-state index in [4.69, 9.17) is 0 Å². The molecule has 160 valence electrons. The van der Waals surface area contributed by atoms with Gasteiger partial charge in [0.1, 0.15) is 0 Å². The Kier molecular flexibility index (Phi) is 5.89. The lowest BCUT2D eigenvalue weighted by molar-refractivity contribution is 0.582. The predicted molar refractivity (Wildman–Crippen MR) is 127 cm³/mol. The summed E-state index contributed by atoms with van der Waals surface area (Å²) in [5.74, 6) is 0.400. The summed E-state index contributed by atoms with van der Waals surface area (Å²) in [6, 6.07) is 17.9. The third-order valence-corrected chi connectivity index (χ3v) is 5.81. The molecule has 2 aromatic carbocycles. The molecule has 0 radical (unpaired) electrons. The van der Waals surface area contributed by atoms with E-state index in [1.807, 2.05) is 54.0 Å². The Morgan fingerprint density at radius 3 is 2.32 bits per heavy atom. The SMILES string of the molecule is CCCCn1c(=O)nc2n(-c3ccc(N(CC)CC)cc3)c3ccccc3cc-2c1=O. The fourth-order valence-electron chi connectivity index (χ4n) is 4.09. The number of anilines is 1. The fraction of sp³-hybridized carbons (Fsp3) is 0.320. The van der Waals surface area contributed by atoms with Crippen molar-refractivity contribution < 1.29 is 0 Å². The lowest BCUT2D eigenvalue weighted by atomic mass is 10.1. The molecule has 0 unspecified atom stereocenters. The van der Waals surface area contributed by atoms with Crippen LogP contribution in [0.1, 0.15) is 33.6 Å². The first-order chi connectivity index (χ1) is 15.1. The number of aromatic nitrogens is 3. The second kappa shape index (κ2) is 8.76. The standard InChI is InChI=1S/C25H28N4O2/c1-4-7-16-28-24(30)21-17-18-10-8-9-11-22(18)29(23(21)26-25(28)31)20-14-12-19(13-15-20)27(5-2)6-3/h8-15,17H,4-7,16H2,1-3H3. The first-order valence-electron chi connectivity index (χ1n) is 11.0. The Balaban J connectivity index is 1.99. The summed E-state index contributed by atoms with van der Waals surface area (Å²) in [7, 11) is 0. The van der Waals surface area contributed by atoms with Crippen molar-refractivity contribution in [2.45, 2.75) is 40.2 Å². The minimum atomic E-state index is -0.491. The molecular formula is C25H28N4O2. The molecule has 2 heterocycles. The molecule has 0 saturated heterocycles. The van der Waals surface area contributed by atoms with Crippen LogP contribution in [0, 0.1) is 0 Å². The molecule has 0 spiro atoms. The van der Waals surface area contributed by atoms with Crippen LogP contribution < -0.4 is 16.1 Å². The Morgan fingerprint density at radius 2 is 1.65 bits per heavy atom. The van der Waals surface area contributed by atoms with Gasteiger partial charge in [0.2, 0.25) is 0 Å². The minimum Gasteiger partial charge on any atom is -0.372 e. The maximum Gasteiger partial charge on any atom is 0.352 e. The van der Waals surface area contributed by atoms with E-state index in [2.05, 4.69) is 35.9 Å². The van der Waals surface area contributed by atoms with Crippen LogP contribution >= 0.6 is 0 Å². The topological polar surface area (TPSA) is 60.1 Å². The van der Waals surface area contributed by atoms with Crippen LogP contribution in [0.2, 0.25) is 0 Å². The predicted octanol–water partition coefficient (Wildman–Crippen LogP) is 4.30. The highest BCUT2D eigenvalue weighted by molar-refractivity contribution is 5.87. The molecule has 0 saturated carbocycles. The van der Waals surface area contributed by atoms with Crippen molar-refractivity contribution in [2.24, 2.45) is 0 Å². The fourth-order valence-corrected chi connectivity index (χ4v) is 4.09. The second-order valence-corrected chi connectivity index (χ2v) is 7.67. The lowest BCUT2D eigenvalue weighted by Gasteiger charge is -2.22. The largest absolute Gasteiger partial charge is 0.372 e. The number of pyridine rings is 1. The molecule has 0 fully saturated rings. The number of hydrogen-bond donors (Lipinski definition) is 0. The van der Waals surface area contributed by atoms with Crippen LogP contribution in [0.3, 0.4) is 0 Å². The van der Waals surface area contributed by atoms with Gasteiger partial charge in [-0.15, -0.1) is 0 Å². The summed E-state index contributed by atoms with van der Waals surface area (Å²) < 4.78 is 3.18. The molecule has 4 rings (SSSR count). The van der Waals surface area contributed by atoms with Gasteiger partial charge in [-0.2, -0.15) is 4.98 Å². The molecule has 0 atom stereocenters. The van der Waals surface area contributed by atoms with Gasteiger partial charge < -0.3 is 4.90 Å². The van der Waals surface area contributed by atoms with E-state index in [1.165, 1.54) is 4.57 Å². The van der Waals surface area contributed by atoms with Crippen LogP contribution in [0.4, 0.5) is 5.69 Å². The average Bonchev–Trinajstić information content (AvgIpc) is 2.79. The molecule has 31 heavy (non-hydrogen) atoms. The zero-order valence-electron chi connectivity index (χ0n) is 18.3. The number of rotatable bonds is 7. The number of hydrogen-bond acceptors (Lipinski definition) is 4. The Bertz CT molecular complexity index is 1280. The van der Waals surface area contributed by atoms with Crippen LogP contribution in [-0.4, -0.2) is 27.2 Å². The molecule has 0 aromatic heterocycles. The van der Waals surface area contributed by atoms with E-state index in [0.717, 1.165) is 48.2 Å². The Hall–Kier alpha value is -3.41. The summed E-state index contributed by atoms with van der Waals surface area (Å²) in [5.41, 5.74) is 2.61. The van der Waals surface area contributed by atoms with Crippen LogP contribution in [0.25, 0.3) is 28.0 Å². The number of para-hydroxylation sites is 1. The van der Waals surface area contributed by atoms with Crippen molar-refractivity contribution in [1.82, 2.24) is 14.1 Å². The van der Waals surface area contributed by atoms with Gasteiger partial charge in [0.05, 0.1) is 11.1 Å². The number of nitrogens with zero attached hydrogens (tertiary/aromatic N) is 4. The van der Waals surface area contributed by atoms with Gasteiger partial charge in [0.25, 0.3) is 5.56 Å². The average molecular weight is 417 g/mol. The van der Waals surface area contributed by atoms with Gasteiger partial charge in [-0.1, -0.05) is 31.5 Å². The molecule has 0 bridgehead atoms. The van der Waals surface area contributed by atoms with Crippen LogP contribution in [0.5, 0.6) is 0 Å². The van der Waals surface area contributed by atoms with Gasteiger partial charge in [-0.25, -0.2) is 4.79 Å². The third-order valence-electron chi connectivity index (χ3n) is 5.81. The summed E-state index contributed by atoms with van der Waals surface area (Å²) in [6.07, 6.45) is 1.67. The normalized spacial score (nSPS) is 11.3. The van der Waals surface area contributed by atoms with Crippen molar-refractivity contribution in [1.29, 1.82) is 0 Å². The van der Waals surface area contributed by atoms with Gasteiger partial charge in [-0.3, -0.25) is 13.9 Å². The van der Waals surface area contributed by atoms with E-state index in [-0.39, 0.29) is 5.56 Å². The van der Waals surface area contributed by atoms with Gasteiger partial charge in [0, 0.05) is 31.0 Å². The van der Waals surface area contributed by atoms with E-state index in [1.54, 1.807) is 0 Å². The van der Waals surface area contributed by atoms with Crippen molar-refractivity contribution in [3.63, 3.8) is 0 Å². The number of unbranched alkanes of at least 4 members (excludes halogenated alkanes) is 1. The molecule has 6 heteroatoms. The molecule has 2 aromatic rings. The zero-order chi connectivity index (χ0) is 22.0. The summed E-state index contributed by atoms with van der Waals surface area (Å²) in [6.45, 7) is 8.55. The monoisotopic (exact) mass is 416 g/mol. The van der Waals surface area contributed by atoms with E-state index in [0.29, 0.717) is 17.9 Å². The summed E-state index contributed by atoms with van der Waals surface area (Å²) in [5, 5.41) is 0.933. The molecule has 6 nitrogen and oxygen atoms in total. The molecular weight excluding hydrogens is 388 g/mol. The lowest BCUT2D eigenvalue weighted by Crippen LogP contribution is -2.38. The molecule has 0 amide bonds. The van der Waals surface area contributed by atoms with Crippen molar-refractivity contribution >= 4 is 16.6 Å². The van der Waals surface area contributed by atoms with Crippen molar-refractivity contribution in [2.75, 3.05) is 18.0 Å². The highest BCUT2D eigenvalue weighted by Crippen LogP contribution is 2.28. The van der Waals surface area contributed by atoms with Gasteiger partial charge >= 0.3 is 5.69 Å². The summed E-state index contributed by atoms with van der Waals surface area (Å²) in [4.78, 5) is 32.6. The first-order valence-corrected chi connectivity index (χ1v) is 11.0. The summed E-state index contributed by atoms with van der Waals surface area (Å²) >= 11 is 0. The van der Waals surface area contributed by atoms with Gasteiger partial charge in [0.15, 0.2) is 5.82 Å². The van der Waals surface area contributed by atoms with Crippen molar-refractivity contribution in [3.05, 3.63) is 75.4 Å². The maximum absolute atomic E-state index is 13.2. The number of fused-ring (bicyclic) bond motifs is 2. The number of benzene rings is 2. The van der Waals surface area contributed by atoms with Crippen molar-refractivity contribution in [3.8, 4) is 17.1 Å². The maximum atomic E-state index is 13.2. The minimum absolute atomic E-state index is 0.275. The quantitative estimate of drug-likeness (QED) is 0.422. The van der Waals surface area contributed by atoms with E-state index < -0.39 is 5.69 Å². The van der Waals surface area contributed by atoms with Gasteiger partial charge in [-0.05, 0) is 62.1 Å². The highest BCUT2D eigenvalue weighted by atomic mass is 16.2. The molecule has 0 aliphatic carbocycles. The second-order valence-electron chi connectivity index (χ2n) is 7.67. The highest BCUT2D eigenvalue weighted by Gasteiger charge is 2.20.